The van der Waals surface area contributed by atoms with Crippen LogP contribution >= 0.6 is 23.4 Å². The number of hydrogen-bond donors (Lipinski definition) is 0. The molecule has 1 aromatic rings. The lowest BCUT2D eigenvalue weighted by Gasteiger charge is -2.18. The van der Waals surface area contributed by atoms with Gasteiger partial charge in [0, 0.05) is 19.3 Å². The molecule has 0 N–H and O–H groups in total. The van der Waals surface area contributed by atoms with Crippen LogP contribution in [0.4, 0.5) is 11.4 Å². The molecule has 0 saturated carbocycles. The molecule has 0 aliphatic heterocycles. The van der Waals surface area contributed by atoms with Crippen LogP contribution in [-0.2, 0) is 0 Å². The van der Waals surface area contributed by atoms with E-state index in [1.165, 1.54) is 6.07 Å². The van der Waals surface area contributed by atoms with Crippen molar-refractivity contribution in [1.82, 2.24) is 0 Å². The monoisotopic (exact) mass is 260 g/mol. The zero-order valence-corrected chi connectivity index (χ0v) is 10.7. The topological polar surface area (TPSA) is 46.4 Å². The average Bonchev–Trinajstić information content (AvgIpc) is 2.24. The van der Waals surface area contributed by atoms with Gasteiger partial charge in [-0.1, -0.05) is 17.7 Å². The Morgan fingerprint density at radius 3 is 2.81 bits per heavy atom. The molecule has 0 unspecified atom stereocenters. The minimum absolute atomic E-state index is 0.0206. The normalized spacial score (nSPS) is 10.2. The van der Waals surface area contributed by atoms with Crippen LogP contribution in [0.15, 0.2) is 18.2 Å². The number of anilines is 1. The van der Waals surface area contributed by atoms with Crippen LogP contribution in [0.25, 0.3) is 0 Å². The Morgan fingerprint density at radius 2 is 2.25 bits per heavy atom. The van der Waals surface area contributed by atoms with Gasteiger partial charge in [0.15, 0.2) is 0 Å². The number of thioether (sulfide) groups is 1. The van der Waals surface area contributed by atoms with Crippen molar-refractivity contribution < 1.29 is 4.92 Å². The molecule has 1 rings (SSSR count). The van der Waals surface area contributed by atoms with Gasteiger partial charge in [0.2, 0.25) is 0 Å². The van der Waals surface area contributed by atoms with Gasteiger partial charge in [-0.05, 0) is 18.4 Å². The molecule has 0 aliphatic rings. The van der Waals surface area contributed by atoms with Gasteiger partial charge in [-0.15, -0.1) is 0 Å². The van der Waals surface area contributed by atoms with E-state index in [0.29, 0.717) is 5.69 Å². The van der Waals surface area contributed by atoms with Crippen LogP contribution in [0.3, 0.4) is 0 Å². The molecule has 4 nitrogen and oxygen atoms in total. The summed E-state index contributed by atoms with van der Waals surface area (Å²) in [5.74, 6) is 0.917. The zero-order valence-electron chi connectivity index (χ0n) is 9.14. The lowest BCUT2D eigenvalue weighted by Crippen LogP contribution is -2.21. The van der Waals surface area contributed by atoms with Crippen molar-refractivity contribution in [2.75, 3.05) is 30.5 Å². The van der Waals surface area contributed by atoms with Crippen molar-refractivity contribution in [1.29, 1.82) is 0 Å². The Balaban J connectivity index is 3.02. The van der Waals surface area contributed by atoms with Crippen molar-refractivity contribution in [3.05, 3.63) is 33.3 Å². The molecular formula is C10H13ClN2O2S. The maximum Gasteiger partial charge on any atom is 0.310 e. The SMILES string of the molecule is CSCCN(C)c1cccc(Cl)c1[N+](=O)[O-]. The predicted molar refractivity (Wildman–Crippen MR) is 69.8 cm³/mol. The van der Waals surface area contributed by atoms with Gasteiger partial charge in [0.05, 0.1) is 4.92 Å². The molecule has 0 amide bonds. The summed E-state index contributed by atoms with van der Waals surface area (Å²) in [4.78, 5) is 12.3. The molecule has 0 atom stereocenters. The fraction of sp³-hybridized carbons (Fsp3) is 0.400. The second-order valence-corrected chi connectivity index (χ2v) is 4.67. The van der Waals surface area contributed by atoms with Crippen LogP contribution in [-0.4, -0.2) is 30.5 Å². The third-order valence-electron chi connectivity index (χ3n) is 2.19. The first-order chi connectivity index (χ1) is 7.57. The number of para-hydroxylation sites is 1. The molecule has 0 spiro atoms. The minimum Gasteiger partial charge on any atom is -0.368 e. The molecule has 0 aromatic heterocycles. The van der Waals surface area contributed by atoms with Gasteiger partial charge in [0.25, 0.3) is 0 Å². The van der Waals surface area contributed by atoms with Crippen molar-refractivity contribution in [3.63, 3.8) is 0 Å². The molecule has 88 valence electrons. The predicted octanol–water partition coefficient (Wildman–Crippen LogP) is 3.05. The highest BCUT2D eigenvalue weighted by Gasteiger charge is 2.20. The second kappa shape index (κ2) is 5.96. The third-order valence-corrected chi connectivity index (χ3v) is 3.09. The van der Waals surface area contributed by atoms with E-state index in [9.17, 15) is 10.1 Å². The highest BCUT2D eigenvalue weighted by atomic mass is 35.5. The van der Waals surface area contributed by atoms with Gasteiger partial charge in [-0.25, -0.2) is 0 Å². The molecule has 0 radical (unpaired) electrons. The van der Waals surface area contributed by atoms with E-state index in [-0.39, 0.29) is 10.7 Å². The van der Waals surface area contributed by atoms with Gasteiger partial charge >= 0.3 is 5.69 Å². The van der Waals surface area contributed by atoms with Crippen LogP contribution in [0.5, 0.6) is 0 Å². The van der Waals surface area contributed by atoms with Crippen LogP contribution < -0.4 is 4.90 Å². The van der Waals surface area contributed by atoms with Crippen molar-refractivity contribution in [2.24, 2.45) is 0 Å². The summed E-state index contributed by atoms with van der Waals surface area (Å²) in [6.07, 6.45) is 2.00. The molecule has 0 saturated heterocycles. The van der Waals surface area contributed by atoms with Crippen molar-refractivity contribution in [2.45, 2.75) is 0 Å². The number of rotatable bonds is 5. The quantitative estimate of drug-likeness (QED) is 0.603. The number of hydrogen-bond acceptors (Lipinski definition) is 4. The summed E-state index contributed by atoms with van der Waals surface area (Å²) < 4.78 is 0. The first-order valence-corrected chi connectivity index (χ1v) is 6.48. The van der Waals surface area contributed by atoms with E-state index in [0.717, 1.165) is 12.3 Å². The van der Waals surface area contributed by atoms with E-state index in [1.807, 2.05) is 18.2 Å². The number of nitro groups is 1. The summed E-state index contributed by atoms with van der Waals surface area (Å²) in [6.45, 7) is 0.752. The lowest BCUT2D eigenvalue weighted by molar-refractivity contribution is -0.384. The summed E-state index contributed by atoms with van der Waals surface area (Å²) in [7, 11) is 1.83. The van der Waals surface area contributed by atoms with E-state index >= 15 is 0 Å². The van der Waals surface area contributed by atoms with E-state index in [4.69, 9.17) is 11.6 Å². The fourth-order valence-electron chi connectivity index (χ4n) is 1.34. The summed E-state index contributed by atoms with van der Waals surface area (Å²) in [6, 6.07) is 4.97. The standard InChI is InChI=1S/C10H13ClN2O2S/c1-12(6-7-16-2)9-5-3-4-8(11)10(9)13(14)15/h3-5H,6-7H2,1-2H3. The first-order valence-electron chi connectivity index (χ1n) is 4.71. The summed E-state index contributed by atoms with van der Waals surface area (Å²) in [5.41, 5.74) is 0.541. The lowest BCUT2D eigenvalue weighted by atomic mass is 10.2. The van der Waals surface area contributed by atoms with E-state index in [1.54, 1.807) is 23.9 Å². The maximum atomic E-state index is 10.9. The van der Waals surface area contributed by atoms with Gasteiger partial charge in [0.1, 0.15) is 10.7 Å². The molecule has 0 bridgehead atoms. The van der Waals surface area contributed by atoms with Gasteiger partial charge in [-0.2, -0.15) is 11.8 Å². The smallest absolute Gasteiger partial charge is 0.310 e. The number of halogens is 1. The third kappa shape index (κ3) is 3.02. The van der Waals surface area contributed by atoms with Crippen LogP contribution in [0.2, 0.25) is 5.02 Å². The van der Waals surface area contributed by atoms with E-state index < -0.39 is 4.92 Å². The molecule has 6 heteroatoms. The van der Waals surface area contributed by atoms with Crippen LogP contribution in [0, 0.1) is 10.1 Å². The first kappa shape index (κ1) is 13.1. The Hall–Kier alpha value is -0.940. The fourth-order valence-corrected chi connectivity index (χ4v) is 2.04. The highest BCUT2D eigenvalue weighted by Crippen LogP contribution is 2.34. The minimum atomic E-state index is -0.437. The number of benzene rings is 1. The number of nitrogens with zero attached hydrogens (tertiary/aromatic N) is 2. The van der Waals surface area contributed by atoms with E-state index in [2.05, 4.69) is 0 Å². The average molecular weight is 261 g/mol. The Bertz CT molecular complexity index is 387. The molecule has 1 aromatic carbocycles. The van der Waals surface area contributed by atoms with Crippen LogP contribution in [0.1, 0.15) is 0 Å². The number of nitro benzene ring substituents is 1. The van der Waals surface area contributed by atoms with Crippen molar-refractivity contribution in [3.8, 4) is 0 Å². The Morgan fingerprint density at radius 1 is 1.56 bits per heavy atom. The second-order valence-electron chi connectivity index (χ2n) is 3.28. The largest absolute Gasteiger partial charge is 0.368 e. The van der Waals surface area contributed by atoms with Crippen molar-refractivity contribution >= 4 is 34.7 Å². The molecular weight excluding hydrogens is 248 g/mol. The molecule has 0 aliphatic carbocycles. The maximum absolute atomic E-state index is 10.9. The molecule has 0 fully saturated rings. The zero-order chi connectivity index (χ0) is 12.1. The summed E-state index contributed by atoms with van der Waals surface area (Å²) >= 11 is 7.53. The Labute approximate surface area is 104 Å². The molecule has 16 heavy (non-hydrogen) atoms. The molecule has 0 heterocycles. The van der Waals surface area contributed by atoms with Gasteiger partial charge in [-0.3, -0.25) is 10.1 Å². The highest BCUT2D eigenvalue weighted by molar-refractivity contribution is 7.98. The Kier molecular flexibility index (Phi) is 4.89. The van der Waals surface area contributed by atoms with Gasteiger partial charge < -0.3 is 4.90 Å². The summed E-state index contributed by atoms with van der Waals surface area (Å²) in [5, 5.41) is 11.1.